The van der Waals surface area contributed by atoms with Gasteiger partial charge >= 0.3 is 0 Å². The molecule has 1 unspecified atom stereocenters. The van der Waals surface area contributed by atoms with Gasteiger partial charge in [0, 0.05) is 19.1 Å². The topological polar surface area (TPSA) is 29.3 Å². The summed E-state index contributed by atoms with van der Waals surface area (Å²) in [4.78, 5) is 2.42. The Bertz CT molecular complexity index is 154. The molecule has 0 aliphatic rings. The minimum atomic E-state index is 0.363. The summed E-state index contributed by atoms with van der Waals surface area (Å²) in [6, 6.07) is 0.552. The highest BCUT2D eigenvalue weighted by Crippen LogP contribution is 2.17. The Hall–Kier alpha value is 0.270. The van der Waals surface area contributed by atoms with E-state index in [9.17, 15) is 0 Å². The third kappa shape index (κ3) is 8.12. The summed E-state index contributed by atoms with van der Waals surface area (Å²) in [5.41, 5.74) is 6.19. The molecule has 0 saturated heterocycles. The Morgan fingerprint density at radius 3 is 2.33 bits per heavy atom. The molecule has 0 aliphatic carbocycles. The lowest BCUT2D eigenvalue weighted by molar-refractivity contribution is 0.167. The number of nitrogens with zero attached hydrogens (tertiary/aromatic N) is 1. The zero-order valence-corrected chi connectivity index (χ0v) is 11.9. The minimum absolute atomic E-state index is 0.363. The van der Waals surface area contributed by atoms with E-state index in [2.05, 4.69) is 39.0 Å². The first-order chi connectivity index (χ1) is 6.90. The van der Waals surface area contributed by atoms with Crippen LogP contribution >= 0.6 is 11.8 Å². The average Bonchev–Trinajstić information content (AvgIpc) is 2.09. The van der Waals surface area contributed by atoms with Gasteiger partial charge < -0.3 is 10.6 Å². The molecule has 92 valence electrons. The highest BCUT2D eigenvalue weighted by molar-refractivity contribution is 7.98. The third-order valence-electron chi connectivity index (χ3n) is 2.50. The lowest BCUT2D eigenvalue weighted by atomic mass is 9.95. The average molecular weight is 232 g/mol. The van der Waals surface area contributed by atoms with E-state index in [0.29, 0.717) is 11.5 Å². The highest BCUT2D eigenvalue weighted by atomic mass is 32.2. The van der Waals surface area contributed by atoms with Crippen molar-refractivity contribution in [1.82, 2.24) is 4.90 Å². The van der Waals surface area contributed by atoms with Gasteiger partial charge in [-0.15, -0.1) is 0 Å². The molecule has 0 radical (unpaired) electrons. The molecule has 1 atom stereocenters. The van der Waals surface area contributed by atoms with Crippen LogP contribution in [0.1, 0.15) is 33.6 Å². The maximum absolute atomic E-state index is 5.83. The molecule has 15 heavy (non-hydrogen) atoms. The zero-order chi connectivity index (χ0) is 11.9. The Labute approximate surface area is 100.0 Å². The normalized spacial score (nSPS) is 14.6. The number of nitrogens with two attached hydrogens (primary N) is 1. The molecule has 0 amide bonds. The number of rotatable bonds is 7. The number of thioether (sulfide) groups is 1. The summed E-state index contributed by atoms with van der Waals surface area (Å²) in [7, 11) is 2.20. The number of likely N-dealkylation sites (N-methyl/N-ethyl adjacent to an activating group) is 1. The zero-order valence-electron chi connectivity index (χ0n) is 11.0. The van der Waals surface area contributed by atoms with Crippen molar-refractivity contribution in [1.29, 1.82) is 0 Å². The van der Waals surface area contributed by atoms with Crippen LogP contribution in [0, 0.1) is 5.41 Å². The van der Waals surface area contributed by atoms with Crippen molar-refractivity contribution in [2.75, 3.05) is 32.1 Å². The molecule has 0 bridgehead atoms. The Morgan fingerprint density at radius 1 is 1.33 bits per heavy atom. The van der Waals surface area contributed by atoms with Crippen molar-refractivity contribution < 1.29 is 0 Å². The van der Waals surface area contributed by atoms with Crippen LogP contribution in [0.5, 0.6) is 0 Å². The summed E-state index contributed by atoms with van der Waals surface area (Å²) in [6.07, 6.45) is 4.66. The molecule has 0 aromatic rings. The van der Waals surface area contributed by atoms with Crippen molar-refractivity contribution in [3.8, 4) is 0 Å². The van der Waals surface area contributed by atoms with E-state index in [-0.39, 0.29) is 0 Å². The fourth-order valence-electron chi connectivity index (χ4n) is 1.86. The van der Waals surface area contributed by atoms with E-state index in [0.717, 1.165) is 13.1 Å². The van der Waals surface area contributed by atoms with Gasteiger partial charge in [-0.3, -0.25) is 0 Å². The summed E-state index contributed by atoms with van der Waals surface area (Å²) in [5, 5.41) is 0. The number of hydrogen-bond acceptors (Lipinski definition) is 3. The van der Waals surface area contributed by atoms with Gasteiger partial charge in [0.15, 0.2) is 0 Å². The second-order valence-corrected chi connectivity index (χ2v) is 6.49. The molecule has 0 saturated carbocycles. The van der Waals surface area contributed by atoms with Crippen molar-refractivity contribution in [3.63, 3.8) is 0 Å². The fourth-order valence-corrected chi connectivity index (χ4v) is 2.31. The summed E-state index contributed by atoms with van der Waals surface area (Å²) in [6.45, 7) is 8.73. The van der Waals surface area contributed by atoms with Gasteiger partial charge in [-0.2, -0.15) is 11.8 Å². The molecule has 2 N–H and O–H groups in total. The smallest absolute Gasteiger partial charge is 0.0215 e. The van der Waals surface area contributed by atoms with Crippen LogP contribution in [0.25, 0.3) is 0 Å². The van der Waals surface area contributed by atoms with Crippen LogP contribution < -0.4 is 5.73 Å². The van der Waals surface area contributed by atoms with Crippen LogP contribution in [-0.2, 0) is 0 Å². The lowest BCUT2D eigenvalue weighted by Gasteiger charge is -2.32. The summed E-state index contributed by atoms with van der Waals surface area (Å²) in [5.74, 6) is 1.25. The van der Waals surface area contributed by atoms with Crippen molar-refractivity contribution in [2.24, 2.45) is 11.1 Å². The Morgan fingerprint density at radius 2 is 1.93 bits per heavy atom. The van der Waals surface area contributed by atoms with Crippen molar-refractivity contribution >= 4 is 11.8 Å². The van der Waals surface area contributed by atoms with Crippen molar-refractivity contribution in [3.05, 3.63) is 0 Å². The minimum Gasteiger partial charge on any atom is -0.329 e. The van der Waals surface area contributed by atoms with Crippen LogP contribution in [0.2, 0.25) is 0 Å². The largest absolute Gasteiger partial charge is 0.329 e. The van der Waals surface area contributed by atoms with Crippen LogP contribution in [-0.4, -0.2) is 43.1 Å². The maximum atomic E-state index is 5.83. The predicted molar refractivity (Wildman–Crippen MR) is 72.5 cm³/mol. The molecule has 0 aromatic carbocycles. The Kier molecular flexibility index (Phi) is 7.66. The molecule has 0 aliphatic heterocycles. The highest BCUT2D eigenvalue weighted by Gasteiger charge is 2.19. The van der Waals surface area contributed by atoms with E-state index in [4.69, 9.17) is 5.73 Å². The predicted octanol–water partition coefficient (Wildman–Crippen LogP) is 2.43. The van der Waals surface area contributed by atoms with Gasteiger partial charge in [-0.05, 0) is 37.3 Å². The quantitative estimate of drug-likeness (QED) is 0.684. The fraction of sp³-hybridized carbons (Fsp3) is 1.00. The first-order valence-corrected chi connectivity index (χ1v) is 7.19. The molecule has 0 rings (SSSR count). The lowest BCUT2D eigenvalue weighted by Crippen LogP contribution is -2.42. The molecular formula is C12H28N2S. The first kappa shape index (κ1) is 15.3. The second kappa shape index (κ2) is 7.53. The van der Waals surface area contributed by atoms with E-state index >= 15 is 0 Å². The SMILES string of the molecule is CSCCCC(CN)N(C)CC(C)(C)C. The molecular weight excluding hydrogens is 204 g/mol. The van der Waals surface area contributed by atoms with Gasteiger partial charge in [0.05, 0.1) is 0 Å². The van der Waals surface area contributed by atoms with Crippen LogP contribution in [0.3, 0.4) is 0 Å². The molecule has 3 heteroatoms. The molecule has 0 aromatic heterocycles. The van der Waals surface area contributed by atoms with E-state index in [1.54, 1.807) is 0 Å². The van der Waals surface area contributed by atoms with Gasteiger partial charge in [-0.25, -0.2) is 0 Å². The molecule has 0 fully saturated rings. The summed E-state index contributed by atoms with van der Waals surface area (Å²) < 4.78 is 0. The Balaban J connectivity index is 3.93. The third-order valence-corrected chi connectivity index (χ3v) is 3.20. The first-order valence-electron chi connectivity index (χ1n) is 5.80. The second-order valence-electron chi connectivity index (χ2n) is 5.50. The maximum Gasteiger partial charge on any atom is 0.0215 e. The van der Waals surface area contributed by atoms with Crippen LogP contribution in [0.15, 0.2) is 0 Å². The standard InChI is InChI=1S/C12H28N2S/c1-12(2,3)10-14(4)11(9-13)7-6-8-15-5/h11H,6-10,13H2,1-5H3. The van der Waals surface area contributed by atoms with Gasteiger partial charge in [0.2, 0.25) is 0 Å². The van der Waals surface area contributed by atoms with E-state index in [1.165, 1.54) is 18.6 Å². The van der Waals surface area contributed by atoms with Gasteiger partial charge in [0.1, 0.15) is 0 Å². The van der Waals surface area contributed by atoms with Gasteiger partial charge in [0.25, 0.3) is 0 Å². The molecule has 0 spiro atoms. The molecule has 2 nitrogen and oxygen atoms in total. The van der Waals surface area contributed by atoms with E-state index in [1.807, 2.05) is 11.8 Å². The van der Waals surface area contributed by atoms with Crippen molar-refractivity contribution in [2.45, 2.75) is 39.7 Å². The monoisotopic (exact) mass is 232 g/mol. The summed E-state index contributed by atoms with van der Waals surface area (Å²) >= 11 is 1.92. The molecule has 0 heterocycles. The van der Waals surface area contributed by atoms with Gasteiger partial charge in [-0.1, -0.05) is 20.8 Å². The number of hydrogen-bond donors (Lipinski definition) is 1. The van der Waals surface area contributed by atoms with Crippen LogP contribution in [0.4, 0.5) is 0 Å². The van der Waals surface area contributed by atoms with E-state index < -0.39 is 0 Å².